The molecule has 1 aliphatic heterocycles. The number of rotatable bonds is 13. The summed E-state index contributed by atoms with van der Waals surface area (Å²) in [7, 11) is -0.571. The molecule has 13 nitrogen and oxygen atoms in total. The van der Waals surface area contributed by atoms with Crippen molar-refractivity contribution in [3.8, 4) is 0 Å². The minimum absolute atomic E-state index is 0.00492. The second kappa shape index (κ2) is 11.9. The Balaban J connectivity index is 1.45. The van der Waals surface area contributed by atoms with Crippen LogP contribution in [0.25, 0.3) is 0 Å². The Bertz CT molecular complexity index is 1110. The molecule has 4 aliphatic rings. The Morgan fingerprint density at radius 2 is 2.10 bits per heavy atom. The van der Waals surface area contributed by atoms with Gasteiger partial charge in [0.25, 0.3) is 5.96 Å². The molecule has 4 fully saturated rings. The van der Waals surface area contributed by atoms with Gasteiger partial charge in [0.05, 0.1) is 30.2 Å². The van der Waals surface area contributed by atoms with E-state index in [2.05, 4.69) is 54.9 Å². The highest BCUT2D eigenvalue weighted by Gasteiger charge is 2.68. The van der Waals surface area contributed by atoms with Gasteiger partial charge in [-0.3, -0.25) is 9.59 Å². The van der Waals surface area contributed by atoms with Gasteiger partial charge in [-0.05, 0) is 62.2 Å². The van der Waals surface area contributed by atoms with Crippen molar-refractivity contribution in [3.63, 3.8) is 0 Å². The second-order valence-corrected chi connectivity index (χ2v) is 12.6. The van der Waals surface area contributed by atoms with Crippen molar-refractivity contribution in [3.05, 3.63) is 28.3 Å². The molecular weight excluding hydrogens is 517 g/mol. The SMILES string of the molecule is CC(C)C[C@H](NC(=O)[C@H](CCCN=C(N)N[N+](=O)[O-])CC(=O)c1cnc[nH]1)B1O[C@@H]2C[C@H]3C[C@H](C3(C)C)[C@]2(C)O1. The number of carbonyl (C=O) groups excluding carboxylic acids is 2. The van der Waals surface area contributed by atoms with Crippen molar-refractivity contribution >= 4 is 24.8 Å². The second-order valence-electron chi connectivity index (χ2n) is 12.6. The number of ketones is 1. The maximum atomic E-state index is 13.7. The van der Waals surface area contributed by atoms with Crippen molar-refractivity contribution in [1.29, 1.82) is 0 Å². The number of aromatic nitrogens is 2. The van der Waals surface area contributed by atoms with Gasteiger partial charge in [0.1, 0.15) is 5.69 Å². The number of nitrogens with zero attached hydrogens (tertiary/aromatic N) is 3. The van der Waals surface area contributed by atoms with E-state index >= 15 is 0 Å². The highest BCUT2D eigenvalue weighted by atomic mass is 16.7. The Hall–Kier alpha value is -3.00. The fraction of sp³-hybridized carbons (Fsp3) is 0.769. The standard InChI is InChI=1S/C26H42BN7O6/c1-15(2)9-22(27-39-21-12-17-11-20(25(17,3)4)26(21,5)40-27)32-23(36)16(10-19(35)18-13-29-14-31-18)7-6-8-30-24(28)33-34(37)38/h13-17,20-22H,6-12H2,1-5H3,(H,29,31)(H,32,36)(H3,28,30,33)/t16-,17-,20-,21-,22+,26+/m1/s1. The quantitative estimate of drug-likeness (QED) is 0.0535. The van der Waals surface area contributed by atoms with Crippen LogP contribution < -0.4 is 16.5 Å². The third kappa shape index (κ3) is 6.32. The topological polar surface area (TPSA) is 187 Å². The maximum absolute atomic E-state index is 13.7. The van der Waals surface area contributed by atoms with Crippen molar-refractivity contribution in [2.75, 3.05) is 6.54 Å². The molecule has 0 aromatic carbocycles. The number of nitrogens with one attached hydrogen (secondary N) is 3. The number of carbonyl (C=O) groups is 2. The lowest BCUT2D eigenvalue weighted by Crippen LogP contribution is -2.65. The third-order valence-corrected chi connectivity index (χ3v) is 9.15. The van der Waals surface area contributed by atoms with Gasteiger partial charge < -0.3 is 25.3 Å². The average molecular weight is 559 g/mol. The van der Waals surface area contributed by atoms with Gasteiger partial charge in [-0.15, -0.1) is 0 Å². The van der Waals surface area contributed by atoms with Crippen molar-refractivity contribution in [1.82, 2.24) is 20.7 Å². The van der Waals surface area contributed by atoms with Crippen LogP contribution >= 0.6 is 0 Å². The van der Waals surface area contributed by atoms with E-state index in [1.54, 1.807) is 5.43 Å². The number of amides is 1. The van der Waals surface area contributed by atoms with E-state index in [1.165, 1.54) is 12.5 Å². The molecule has 220 valence electrons. The van der Waals surface area contributed by atoms with Crippen molar-refractivity contribution in [2.45, 2.75) is 90.8 Å². The smallest absolute Gasteiger partial charge is 0.404 e. The van der Waals surface area contributed by atoms with Crippen LogP contribution in [-0.4, -0.2) is 64.0 Å². The predicted octanol–water partition coefficient (Wildman–Crippen LogP) is 2.27. The Morgan fingerprint density at radius 1 is 1.35 bits per heavy atom. The van der Waals surface area contributed by atoms with E-state index in [4.69, 9.17) is 15.0 Å². The van der Waals surface area contributed by atoms with Gasteiger partial charge in [0.15, 0.2) is 10.8 Å². The van der Waals surface area contributed by atoms with Crippen LogP contribution in [0.1, 0.15) is 83.6 Å². The van der Waals surface area contributed by atoms with Gasteiger partial charge in [-0.2, -0.15) is 0 Å². The van der Waals surface area contributed by atoms with Crippen LogP contribution in [0.2, 0.25) is 0 Å². The molecule has 0 unspecified atom stereocenters. The predicted molar refractivity (Wildman–Crippen MR) is 148 cm³/mol. The zero-order valence-corrected chi connectivity index (χ0v) is 24.0. The number of guanidine groups is 1. The largest absolute Gasteiger partial charge is 0.481 e. The number of imidazole rings is 1. The number of nitro groups is 1. The summed E-state index contributed by atoms with van der Waals surface area (Å²) in [5.41, 5.74) is 7.43. The summed E-state index contributed by atoms with van der Waals surface area (Å²) in [6.45, 7) is 11.1. The Morgan fingerprint density at radius 3 is 2.73 bits per heavy atom. The number of hydrazine groups is 1. The van der Waals surface area contributed by atoms with E-state index in [-0.39, 0.29) is 54.0 Å². The lowest BCUT2D eigenvalue weighted by molar-refractivity contribution is -0.525. The number of H-pyrrole nitrogens is 1. The minimum atomic E-state index is -0.791. The normalized spacial score (nSPS) is 28.4. The first kappa shape index (κ1) is 30.0. The van der Waals surface area contributed by atoms with Crippen LogP contribution in [0.15, 0.2) is 17.5 Å². The first-order valence-electron chi connectivity index (χ1n) is 14.2. The molecule has 5 rings (SSSR count). The molecule has 14 heteroatoms. The van der Waals surface area contributed by atoms with Gasteiger partial charge >= 0.3 is 7.12 Å². The molecule has 1 amide bonds. The summed E-state index contributed by atoms with van der Waals surface area (Å²) < 4.78 is 13.2. The molecule has 0 spiro atoms. The number of aromatic amines is 1. The maximum Gasteiger partial charge on any atom is 0.481 e. The first-order valence-corrected chi connectivity index (χ1v) is 14.2. The summed E-state index contributed by atoms with van der Waals surface area (Å²) in [6.07, 6.45) is 6.30. The minimum Gasteiger partial charge on any atom is -0.404 e. The number of aliphatic imine (C=N–C) groups is 1. The van der Waals surface area contributed by atoms with Gasteiger partial charge in [0, 0.05) is 18.9 Å². The molecule has 2 bridgehead atoms. The summed E-state index contributed by atoms with van der Waals surface area (Å²) in [6, 6.07) is 0. The summed E-state index contributed by atoms with van der Waals surface area (Å²) in [5.74, 6) is -0.555. The van der Waals surface area contributed by atoms with Crippen molar-refractivity contribution in [2.24, 2.45) is 39.8 Å². The molecule has 1 aromatic heterocycles. The molecule has 2 heterocycles. The Labute approximate surface area is 235 Å². The average Bonchev–Trinajstić information content (AvgIpc) is 3.52. The van der Waals surface area contributed by atoms with E-state index in [1.807, 2.05) is 0 Å². The van der Waals surface area contributed by atoms with Gasteiger partial charge in [0.2, 0.25) is 5.91 Å². The number of Topliss-reactive ketones (excluding diaryl/α,β-unsaturated/α-hetero) is 1. The molecule has 1 saturated heterocycles. The van der Waals surface area contributed by atoms with E-state index in [9.17, 15) is 19.7 Å². The molecule has 3 saturated carbocycles. The lowest BCUT2D eigenvalue weighted by Gasteiger charge is -2.64. The number of hydrogen-bond donors (Lipinski definition) is 4. The van der Waals surface area contributed by atoms with E-state index < -0.39 is 23.7 Å². The summed E-state index contributed by atoms with van der Waals surface area (Å²) in [4.78, 5) is 47.7. The van der Waals surface area contributed by atoms with Crippen LogP contribution in [0.5, 0.6) is 0 Å². The van der Waals surface area contributed by atoms with Crippen LogP contribution in [0, 0.1) is 39.2 Å². The van der Waals surface area contributed by atoms with Crippen molar-refractivity contribution < 1.29 is 23.9 Å². The number of nitrogens with two attached hydrogens (primary N) is 1. The van der Waals surface area contributed by atoms with Gasteiger partial charge in [-0.25, -0.2) is 20.1 Å². The summed E-state index contributed by atoms with van der Waals surface area (Å²) >= 11 is 0. The molecule has 40 heavy (non-hydrogen) atoms. The van der Waals surface area contributed by atoms with Crippen LogP contribution in [0.3, 0.4) is 0 Å². The monoisotopic (exact) mass is 559 g/mol. The zero-order valence-electron chi connectivity index (χ0n) is 24.0. The van der Waals surface area contributed by atoms with Crippen LogP contribution in [0.4, 0.5) is 0 Å². The molecule has 6 atom stereocenters. The Kier molecular flexibility index (Phi) is 8.88. The molecule has 3 aliphatic carbocycles. The zero-order chi connectivity index (χ0) is 29.2. The van der Waals surface area contributed by atoms with Crippen LogP contribution in [-0.2, 0) is 14.1 Å². The molecule has 5 N–H and O–H groups in total. The summed E-state index contributed by atoms with van der Waals surface area (Å²) in [5, 5.41) is 12.9. The molecule has 0 radical (unpaired) electrons. The third-order valence-electron chi connectivity index (χ3n) is 9.15. The van der Waals surface area contributed by atoms with Gasteiger partial charge in [-0.1, -0.05) is 33.1 Å². The molecule has 1 aromatic rings. The fourth-order valence-corrected chi connectivity index (χ4v) is 6.85. The van der Waals surface area contributed by atoms with E-state index in [0.717, 1.165) is 12.8 Å². The number of hydrogen-bond acceptors (Lipinski definition) is 8. The highest BCUT2D eigenvalue weighted by Crippen LogP contribution is 2.65. The molecular formula is C26H42BN7O6. The first-order chi connectivity index (χ1) is 18.8. The highest BCUT2D eigenvalue weighted by molar-refractivity contribution is 6.47. The van der Waals surface area contributed by atoms with E-state index in [0.29, 0.717) is 36.8 Å². The lowest BCUT2D eigenvalue weighted by atomic mass is 9.43. The fourth-order valence-electron chi connectivity index (χ4n) is 6.85.